The topological polar surface area (TPSA) is 50.1 Å². The Bertz CT molecular complexity index is 114. The Kier molecular flexibility index (Phi) is 1.28. The quantitative estimate of drug-likeness (QED) is 0.460. The normalized spacial score (nSPS) is 20.5. The summed E-state index contributed by atoms with van der Waals surface area (Å²) in [5.41, 5.74) is 0.108. The van der Waals surface area contributed by atoms with Crippen LogP contribution in [0.15, 0.2) is 0 Å². The number of cyclic esters (lactones) is 1. The van der Waals surface area contributed by atoms with Crippen molar-refractivity contribution in [1.82, 2.24) is 0 Å². The van der Waals surface area contributed by atoms with Crippen molar-refractivity contribution in [2.75, 3.05) is 6.61 Å². The molecule has 3 heteroatoms. The molecule has 1 aliphatic rings. The second-order valence-corrected chi connectivity index (χ2v) is 1.72. The van der Waals surface area contributed by atoms with E-state index in [1.54, 1.807) is 0 Å². The Morgan fingerprint density at radius 3 is 2.75 bits per heavy atom. The largest absolute Gasteiger partial charge is 0.461 e. The zero-order valence-corrected chi connectivity index (χ0v) is 4.44. The number of nitrogens with one attached hydrogen (secondary N) is 1. The van der Waals surface area contributed by atoms with E-state index >= 15 is 0 Å². The molecule has 3 nitrogen and oxygen atoms in total. The number of hydrogen-bond acceptors (Lipinski definition) is 3. The average Bonchev–Trinajstić information content (AvgIpc) is 1.77. The van der Waals surface area contributed by atoms with Gasteiger partial charge in [-0.2, -0.15) is 0 Å². The Morgan fingerprint density at radius 1 is 1.62 bits per heavy atom. The third kappa shape index (κ3) is 0.857. The zero-order valence-electron chi connectivity index (χ0n) is 4.44. The number of hydrogen-bond donors (Lipinski definition) is 1. The Balaban J connectivity index is 2.52. The maximum Gasteiger partial charge on any atom is 0.351 e. The van der Waals surface area contributed by atoms with E-state index in [0.29, 0.717) is 13.0 Å². The van der Waals surface area contributed by atoms with Gasteiger partial charge in [0.1, 0.15) is 5.71 Å². The maximum absolute atomic E-state index is 10.3. The first kappa shape index (κ1) is 5.28. The Hall–Kier alpha value is -0.860. The lowest BCUT2D eigenvalue weighted by Gasteiger charge is -2.09. The molecule has 1 heterocycles. The van der Waals surface area contributed by atoms with Gasteiger partial charge in [-0.15, -0.1) is 0 Å². The van der Waals surface area contributed by atoms with Gasteiger partial charge in [0.15, 0.2) is 0 Å². The van der Waals surface area contributed by atoms with E-state index in [-0.39, 0.29) is 5.71 Å². The fraction of sp³-hybridized carbons (Fsp3) is 0.600. The van der Waals surface area contributed by atoms with Gasteiger partial charge in [-0.3, -0.25) is 5.41 Å². The lowest BCUT2D eigenvalue weighted by molar-refractivity contribution is -0.137. The highest BCUT2D eigenvalue weighted by atomic mass is 16.5. The van der Waals surface area contributed by atoms with Crippen LogP contribution in [0.4, 0.5) is 0 Å². The van der Waals surface area contributed by atoms with Crippen LogP contribution >= 0.6 is 0 Å². The first-order valence-corrected chi connectivity index (χ1v) is 2.55. The van der Waals surface area contributed by atoms with Crippen LogP contribution in [0.2, 0.25) is 0 Å². The highest BCUT2D eigenvalue weighted by molar-refractivity contribution is 6.35. The molecule has 0 aromatic rings. The van der Waals surface area contributed by atoms with Gasteiger partial charge in [-0.1, -0.05) is 0 Å². The second kappa shape index (κ2) is 1.94. The van der Waals surface area contributed by atoms with Crippen LogP contribution in [-0.2, 0) is 9.53 Å². The molecule has 0 amide bonds. The molecule has 0 saturated carbocycles. The van der Waals surface area contributed by atoms with Crippen LogP contribution in [0.25, 0.3) is 0 Å². The fourth-order valence-corrected chi connectivity index (χ4v) is 0.603. The number of rotatable bonds is 0. The van der Waals surface area contributed by atoms with Gasteiger partial charge in [0.25, 0.3) is 0 Å². The van der Waals surface area contributed by atoms with Gasteiger partial charge in [0, 0.05) is 0 Å². The summed E-state index contributed by atoms with van der Waals surface area (Å²) in [5.74, 6) is -0.448. The monoisotopic (exact) mass is 113 g/mol. The van der Waals surface area contributed by atoms with E-state index in [9.17, 15) is 4.79 Å². The molecule has 0 spiro atoms. The molecule has 1 fully saturated rings. The van der Waals surface area contributed by atoms with Crippen molar-refractivity contribution in [3.63, 3.8) is 0 Å². The van der Waals surface area contributed by atoms with E-state index in [0.717, 1.165) is 6.42 Å². The van der Waals surface area contributed by atoms with Gasteiger partial charge >= 0.3 is 5.97 Å². The van der Waals surface area contributed by atoms with Gasteiger partial charge < -0.3 is 4.74 Å². The zero-order chi connectivity index (χ0) is 5.98. The summed E-state index contributed by atoms with van der Waals surface area (Å²) < 4.78 is 4.53. The smallest absolute Gasteiger partial charge is 0.351 e. The predicted molar refractivity (Wildman–Crippen MR) is 27.9 cm³/mol. The van der Waals surface area contributed by atoms with Crippen molar-refractivity contribution in [1.29, 1.82) is 5.41 Å². The molecule has 0 atom stereocenters. The van der Waals surface area contributed by atoms with Crippen LogP contribution in [-0.4, -0.2) is 18.3 Å². The first-order chi connectivity index (χ1) is 3.80. The Labute approximate surface area is 47.2 Å². The van der Waals surface area contributed by atoms with Gasteiger partial charge in [0.05, 0.1) is 6.61 Å². The molecule has 44 valence electrons. The molecule has 1 N–H and O–H groups in total. The van der Waals surface area contributed by atoms with Gasteiger partial charge in [-0.25, -0.2) is 4.79 Å². The molecule has 0 aromatic heterocycles. The summed E-state index contributed by atoms with van der Waals surface area (Å²) in [7, 11) is 0. The number of ether oxygens (including phenoxy) is 1. The van der Waals surface area contributed by atoms with Crippen LogP contribution in [0.5, 0.6) is 0 Å². The molecule has 1 saturated heterocycles. The molecule has 0 aromatic carbocycles. The SMILES string of the molecule is N=C1CCCOC1=O. The molecule has 0 radical (unpaired) electrons. The van der Waals surface area contributed by atoms with E-state index in [4.69, 9.17) is 5.41 Å². The van der Waals surface area contributed by atoms with Crippen molar-refractivity contribution in [2.45, 2.75) is 12.8 Å². The van der Waals surface area contributed by atoms with Gasteiger partial charge in [-0.05, 0) is 12.8 Å². The lowest BCUT2D eigenvalue weighted by Crippen LogP contribution is -2.22. The molecule has 1 rings (SSSR count). The minimum Gasteiger partial charge on any atom is -0.461 e. The van der Waals surface area contributed by atoms with Crippen LogP contribution in [0.3, 0.4) is 0 Å². The summed E-state index contributed by atoms with van der Waals surface area (Å²) in [6, 6.07) is 0. The molecule has 8 heavy (non-hydrogen) atoms. The third-order valence-electron chi connectivity index (χ3n) is 1.05. The maximum atomic E-state index is 10.3. The van der Waals surface area contributed by atoms with E-state index in [1.165, 1.54) is 0 Å². The van der Waals surface area contributed by atoms with E-state index in [2.05, 4.69) is 4.74 Å². The van der Waals surface area contributed by atoms with Crippen molar-refractivity contribution in [3.8, 4) is 0 Å². The molecular weight excluding hydrogens is 106 g/mol. The summed E-state index contributed by atoms with van der Waals surface area (Å²) >= 11 is 0. The number of esters is 1. The molecular formula is C5H7NO2. The molecule has 0 bridgehead atoms. The van der Waals surface area contributed by atoms with Crippen LogP contribution < -0.4 is 0 Å². The molecule has 0 unspecified atom stereocenters. The third-order valence-corrected chi connectivity index (χ3v) is 1.05. The highest BCUT2D eigenvalue weighted by Gasteiger charge is 2.14. The van der Waals surface area contributed by atoms with Crippen molar-refractivity contribution < 1.29 is 9.53 Å². The van der Waals surface area contributed by atoms with Crippen molar-refractivity contribution in [3.05, 3.63) is 0 Å². The number of carbonyl (C=O) groups is 1. The molecule has 0 aliphatic carbocycles. The Morgan fingerprint density at radius 2 is 2.38 bits per heavy atom. The lowest BCUT2D eigenvalue weighted by atomic mass is 10.2. The molecule has 1 aliphatic heterocycles. The van der Waals surface area contributed by atoms with Crippen molar-refractivity contribution >= 4 is 11.7 Å². The summed E-state index contributed by atoms with van der Waals surface area (Å²) in [4.78, 5) is 10.3. The summed E-state index contributed by atoms with van der Waals surface area (Å²) in [6.45, 7) is 0.487. The average molecular weight is 113 g/mol. The fourth-order valence-electron chi connectivity index (χ4n) is 0.603. The highest BCUT2D eigenvalue weighted by Crippen LogP contribution is 2.01. The van der Waals surface area contributed by atoms with E-state index in [1.807, 2.05) is 0 Å². The number of carbonyl (C=O) groups excluding carboxylic acids is 1. The van der Waals surface area contributed by atoms with E-state index < -0.39 is 5.97 Å². The predicted octanol–water partition coefficient (Wildman–Crippen LogP) is 0.343. The second-order valence-electron chi connectivity index (χ2n) is 1.72. The summed E-state index contributed by atoms with van der Waals surface area (Å²) in [6.07, 6.45) is 1.39. The summed E-state index contributed by atoms with van der Waals surface area (Å²) in [5, 5.41) is 6.92. The minimum absolute atomic E-state index is 0.108. The van der Waals surface area contributed by atoms with Gasteiger partial charge in [0.2, 0.25) is 0 Å². The van der Waals surface area contributed by atoms with Crippen LogP contribution in [0.1, 0.15) is 12.8 Å². The standard InChI is InChI=1S/C5H7NO2/c6-4-2-1-3-8-5(4)7/h6H,1-3H2. The van der Waals surface area contributed by atoms with Crippen LogP contribution in [0, 0.1) is 5.41 Å². The minimum atomic E-state index is -0.448. The van der Waals surface area contributed by atoms with Crippen molar-refractivity contribution in [2.24, 2.45) is 0 Å². The first-order valence-electron chi connectivity index (χ1n) is 2.55.